The van der Waals surface area contributed by atoms with E-state index in [1.54, 1.807) is 0 Å². The molecule has 1 heterocycles. The van der Waals surface area contributed by atoms with Gasteiger partial charge in [-0.3, -0.25) is 0 Å². The van der Waals surface area contributed by atoms with E-state index in [2.05, 4.69) is 254 Å². The van der Waals surface area contributed by atoms with Crippen molar-refractivity contribution in [1.29, 1.82) is 0 Å². The number of anilines is 3. The van der Waals surface area contributed by atoms with Gasteiger partial charge in [-0.2, -0.15) is 0 Å². The summed E-state index contributed by atoms with van der Waals surface area (Å²) in [5.74, 6) is 0. The lowest BCUT2D eigenvalue weighted by atomic mass is 9.70. The standard InChI is InChI=1S/C67H43NO/c1-2-19-45(20-3-1)48-21-4-5-22-49(48)50-23-6-7-24-51(50)54-27-11-16-34-62(54)68(47-40-37-44(38-41-47)46-39-42-65-57(43-46)55-28-12-17-36-64(55)69-65)63-35-18-33-61-66(63)56-29-10-15-32-60(56)67(61)58-30-13-8-25-52(58)53-26-9-14-31-59(53)67/h1-43H. The Morgan fingerprint density at radius 2 is 0.754 bits per heavy atom. The Bertz CT molecular complexity index is 3930. The van der Waals surface area contributed by atoms with Gasteiger partial charge in [0.05, 0.1) is 16.8 Å². The lowest BCUT2D eigenvalue weighted by Gasteiger charge is -2.32. The summed E-state index contributed by atoms with van der Waals surface area (Å²) in [5, 5.41) is 2.25. The van der Waals surface area contributed by atoms with Crippen molar-refractivity contribution in [3.05, 3.63) is 283 Å². The van der Waals surface area contributed by atoms with Crippen molar-refractivity contribution in [2.24, 2.45) is 0 Å². The molecule has 0 saturated heterocycles. The zero-order chi connectivity index (χ0) is 45.5. The number of hydrogen-bond acceptors (Lipinski definition) is 2. The first kappa shape index (κ1) is 39.2. The van der Waals surface area contributed by atoms with Gasteiger partial charge in [-0.25, -0.2) is 0 Å². The van der Waals surface area contributed by atoms with E-state index < -0.39 is 5.41 Å². The maximum atomic E-state index is 6.23. The molecule has 12 aromatic rings. The van der Waals surface area contributed by atoms with Crippen LogP contribution in [0.1, 0.15) is 22.3 Å². The normalized spacial score (nSPS) is 12.8. The van der Waals surface area contributed by atoms with E-state index in [1.807, 2.05) is 12.1 Å². The lowest BCUT2D eigenvalue weighted by Crippen LogP contribution is -2.26. The monoisotopic (exact) mass is 877 g/mol. The molecule has 2 aliphatic carbocycles. The minimum atomic E-state index is -0.478. The average Bonchev–Trinajstić information content (AvgIpc) is 4.06. The summed E-state index contributed by atoms with van der Waals surface area (Å²) in [6.07, 6.45) is 0. The lowest BCUT2D eigenvalue weighted by molar-refractivity contribution is 0.669. The highest BCUT2D eigenvalue weighted by Gasteiger charge is 2.52. The van der Waals surface area contributed by atoms with Crippen molar-refractivity contribution in [3.8, 4) is 66.8 Å². The molecule has 69 heavy (non-hydrogen) atoms. The van der Waals surface area contributed by atoms with E-state index in [0.29, 0.717) is 0 Å². The van der Waals surface area contributed by atoms with Gasteiger partial charge in [-0.05, 0) is 120 Å². The third-order valence-corrected chi connectivity index (χ3v) is 14.7. The molecule has 11 aromatic carbocycles. The quantitative estimate of drug-likeness (QED) is 0.159. The van der Waals surface area contributed by atoms with Crippen molar-refractivity contribution in [2.45, 2.75) is 5.41 Å². The maximum Gasteiger partial charge on any atom is 0.135 e. The van der Waals surface area contributed by atoms with Gasteiger partial charge in [-0.1, -0.05) is 218 Å². The molecule has 2 heteroatoms. The first-order chi connectivity index (χ1) is 34.3. The van der Waals surface area contributed by atoms with Gasteiger partial charge in [0.25, 0.3) is 0 Å². The number of hydrogen-bond donors (Lipinski definition) is 0. The zero-order valence-electron chi connectivity index (χ0n) is 37.7. The molecule has 0 aliphatic heterocycles. The first-order valence-corrected chi connectivity index (χ1v) is 23.8. The number of nitrogens with zero attached hydrogens (tertiary/aromatic N) is 1. The molecule has 2 aliphatic rings. The highest BCUT2D eigenvalue weighted by Crippen LogP contribution is 2.65. The van der Waals surface area contributed by atoms with Crippen molar-refractivity contribution >= 4 is 39.0 Å². The largest absolute Gasteiger partial charge is 0.456 e. The topological polar surface area (TPSA) is 16.4 Å². The molecule has 0 radical (unpaired) electrons. The summed E-state index contributed by atoms with van der Waals surface area (Å²) >= 11 is 0. The fourth-order valence-corrected chi connectivity index (χ4v) is 11.9. The van der Waals surface area contributed by atoms with Crippen LogP contribution in [-0.2, 0) is 5.41 Å². The molecular formula is C67H43NO. The molecule has 0 unspecified atom stereocenters. The third kappa shape index (κ3) is 5.86. The van der Waals surface area contributed by atoms with Crippen LogP contribution in [0, 0.1) is 0 Å². The molecule has 0 amide bonds. The fourth-order valence-electron chi connectivity index (χ4n) is 11.9. The van der Waals surface area contributed by atoms with Crippen LogP contribution in [-0.4, -0.2) is 0 Å². The molecule has 14 rings (SSSR count). The van der Waals surface area contributed by atoms with Crippen LogP contribution < -0.4 is 4.90 Å². The highest BCUT2D eigenvalue weighted by molar-refractivity contribution is 6.07. The zero-order valence-corrected chi connectivity index (χ0v) is 37.7. The Morgan fingerprint density at radius 3 is 1.46 bits per heavy atom. The predicted octanol–water partition coefficient (Wildman–Crippen LogP) is 18.1. The molecule has 0 N–H and O–H groups in total. The van der Waals surface area contributed by atoms with Crippen molar-refractivity contribution in [3.63, 3.8) is 0 Å². The highest BCUT2D eigenvalue weighted by atomic mass is 16.3. The van der Waals surface area contributed by atoms with Gasteiger partial charge >= 0.3 is 0 Å². The van der Waals surface area contributed by atoms with E-state index in [9.17, 15) is 0 Å². The molecule has 0 atom stereocenters. The SMILES string of the molecule is c1ccc(-c2ccccc2-c2ccccc2-c2ccccc2N(c2ccc(-c3ccc4oc5ccccc5c4c3)cc2)c2cccc3c2-c2ccccc2C32c3ccccc3-c3ccccc32)cc1. The Morgan fingerprint density at radius 1 is 0.275 bits per heavy atom. The summed E-state index contributed by atoms with van der Waals surface area (Å²) in [6.45, 7) is 0. The van der Waals surface area contributed by atoms with Crippen LogP contribution in [0.15, 0.2) is 265 Å². The van der Waals surface area contributed by atoms with Crippen molar-refractivity contribution < 1.29 is 4.42 Å². The summed E-state index contributed by atoms with van der Waals surface area (Å²) in [6, 6.07) is 95.7. The Kier molecular flexibility index (Phi) is 8.84. The average molecular weight is 878 g/mol. The van der Waals surface area contributed by atoms with E-state index in [0.717, 1.165) is 55.7 Å². The van der Waals surface area contributed by atoms with E-state index in [1.165, 1.54) is 72.3 Å². The Labute approximate surface area is 401 Å². The molecule has 322 valence electrons. The van der Waals surface area contributed by atoms with E-state index in [-0.39, 0.29) is 0 Å². The third-order valence-electron chi connectivity index (χ3n) is 14.7. The number of rotatable bonds is 7. The predicted molar refractivity (Wildman–Crippen MR) is 286 cm³/mol. The van der Waals surface area contributed by atoms with Crippen molar-refractivity contribution in [1.82, 2.24) is 0 Å². The minimum Gasteiger partial charge on any atom is -0.456 e. The summed E-state index contributed by atoms with van der Waals surface area (Å²) in [5.41, 5.74) is 24.4. The van der Waals surface area contributed by atoms with Crippen LogP contribution in [0.3, 0.4) is 0 Å². The van der Waals surface area contributed by atoms with Gasteiger partial charge in [0.1, 0.15) is 11.2 Å². The number of furan rings is 1. The molecule has 0 bridgehead atoms. The molecule has 1 spiro atoms. The molecule has 1 aromatic heterocycles. The second-order valence-corrected chi connectivity index (χ2v) is 18.3. The van der Waals surface area contributed by atoms with E-state index in [4.69, 9.17) is 4.42 Å². The Hall–Kier alpha value is -8.98. The second-order valence-electron chi connectivity index (χ2n) is 18.3. The fraction of sp³-hybridized carbons (Fsp3) is 0.0149. The summed E-state index contributed by atoms with van der Waals surface area (Å²) < 4.78 is 6.23. The molecule has 0 saturated carbocycles. The van der Waals surface area contributed by atoms with Gasteiger partial charge in [-0.15, -0.1) is 0 Å². The summed E-state index contributed by atoms with van der Waals surface area (Å²) in [4.78, 5) is 2.52. The summed E-state index contributed by atoms with van der Waals surface area (Å²) in [7, 11) is 0. The maximum absolute atomic E-state index is 6.23. The smallest absolute Gasteiger partial charge is 0.135 e. The van der Waals surface area contributed by atoms with Crippen LogP contribution >= 0.6 is 0 Å². The Balaban J connectivity index is 1.01. The molecule has 2 nitrogen and oxygen atoms in total. The van der Waals surface area contributed by atoms with Crippen LogP contribution in [0.5, 0.6) is 0 Å². The van der Waals surface area contributed by atoms with Gasteiger partial charge < -0.3 is 9.32 Å². The van der Waals surface area contributed by atoms with Gasteiger partial charge in [0.15, 0.2) is 0 Å². The van der Waals surface area contributed by atoms with Crippen LogP contribution in [0.2, 0.25) is 0 Å². The number of benzene rings is 11. The van der Waals surface area contributed by atoms with E-state index >= 15 is 0 Å². The van der Waals surface area contributed by atoms with Crippen LogP contribution in [0.4, 0.5) is 17.1 Å². The van der Waals surface area contributed by atoms with Gasteiger partial charge in [0, 0.05) is 27.6 Å². The number of para-hydroxylation sites is 2. The first-order valence-electron chi connectivity index (χ1n) is 23.8. The van der Waals surface area contributed by atoms with Crippen LogP contribution in [0.25, 0.3) is 88.7 Å². The molecule has 0 fully saturated rings. The van der Waals surface area contributed by atoms with Crippen molar-refractivity contribution in [2.75, 3.05) is 4.90 Å². The minimum absolute atomic E-state index is 0.478. The number of fused-ring (bicyclic) bond motifs is 13. The van der Waals surface area contributed by atoms with Gasteiger partial charge in [0.2, 0.25) is 0 Å². The molecular weight excluding hydrogens is 835 g/mol. The second kappa shape index (κ2) is 15.6.